The molecular weight excluding hydrogens is 219 g/mol. The highest BCUT2D eigenvalue weighted by Crippen LogP contribution is 2.20. The second-order valence-corrected chi connectivity index (χ2v) is 2.40. The zero-order valence-electron chi connectivity index (χ0n) is 7.64. The van der Waals surface area contributed by atoms with Crippen LogP contribution in [-0.4, -0.2) is 18.1 Å². The maximum Gasteiger partial charge on any atom is 0.369 e. The summed E-state index contributed by atoms with van der Waals surface area (Å²) < 4.78 is 13.4. The van der Waals surface area contributed by atoms with Crippen LogP contribution in [0.3, 0.4) is 0 Å². The van der Waals surface area contributed by atoms with Gasteiger partial charge in [-0.25, -0.2) is 18.8 Å². The zero-order valence-corrected chi connectivity index (χ0v) is 7.64. The van der Waals surface area contributed by atoms with Crippen LogP contribution in [0.25, 0.3) is 0 Å². The zero-order chi connectivity index (χ0) is 12.0. The van der Waals surface area contributed by atoms with Crippen LogP contribution in [0.15, 0.2) is 28.3 Å². The summed E-state index contributed by atoms with van der Waals surface area (Å²) in [7, 11) is 0. The van der Waals surface area contributed by atoms with Gasteiger partial charge in [0.1, 0.15) is 11.3 Å². The molecule has 0 saturated carbocycles. The number of hydrogen-bond donors (Lipinski definition) is 0. The third kappa shape index (κ3) is 2.45. The minimum Gasteiger partial charge on any atom is -0.301 e. The first-order chi connectivity index (χ1) is 7.70. The molecule has 7 heteroatoms. The number of hydrogen-bond acceptors (Lipinski definition) is 6. The number of aliphatic imine (C=N–C) groups is 1. The minimum atomic E-state index is -1.19. The highest BCUT2D eigenvalue weighted by atomic mass is 19.1. The van der Waals surface area contributed by atoms with Crippen LogP contribution < -0.4 is 0 Å². The van der Waals surface area contributed by atoms with Crippen LogP contribution in [0.2, 0.25) is 0 Å². The molecule has 0 spiro atoms. The summed E-state index contributed by atoms with van der Waals surface area (Å²) in [5.74, 6) is -2.25. The molecule has 0 aliphatic rings. The largest absolute Gasteiger partial charge is 0.369 e. The number of halogens is 1. The molecular formula is C9H3FN2O4. The summed E-state index contributed by atoms with van der Waals surface area (Å²) >= 11 is 0. The fraction of sp³-hybridized carbons (Fsp3) is 0. The third-order valence-electron chi connectivity index (χ3n) is 1.53. The first-order valence-corrected chi connectivity index (χ1v) is 3.85. The summed E-state index contributed by atoms with van der Waals surface area (Å²) in [6, 6.07) is 3.53. The van der Waals surface area contributed by atoms with Gasteiger partial charge in [0, 0.05) is 5.16 Å². The van der Waals surface area contributed by atoms with Crippen molar-refractivity contribution in [1.82, 2.24) is 0 Å². The molecule has 1 rings (SSSR count). The van der Waals surface area contributed by atoms with Crippen LogP contribution in [-0.2, 0) is 14.4 Å². The lowest BCUT2D eigenvalue weighted by Crippen LogP contribution is -2.03. The van der Waals surface area contributed by atoms with Gasteiger partial charge in [-0.15, -0.1) is 0 Å². The van der Waals surface area contributed by atoms with Gasteiger partial charge in [-0.05, 0) is 12.1 Å². The Labute approximate surface area is 88.0 Å². The van der Waals surface area contributed by atoms with E-state index < -0.39 is 17.3 Å². The van der Waals surface area contributed by atoms with Crippen molar-refractivity contribution >= 4 is 23.8 Å². The molecule has 0 fully saturated rings. The molecule has 6 nitrogen and oxygen atoms in total. The SMILES string of the molecule is O=C=NOC(=O)c1cccc(N=C=O)c1F. The van der Waals surface area contributed by atoms with E-state index >= 15 is 0 Å². The molecule has 0 unspecified atom stereocenters. The van der Waals surface area contributed by atoms with E-state index in [1.165, 1.54) is 12.1 Å². The van der Waals surface area contributed by atoms with Gasteiger partial charge >= 0.3 is 5.97 Å². The molecule has 0 N–H and O–H groups in total. The van der Waals surface area contributed by atoms with E-state index in [1.54, 1.807) is 0 Å². The summed E-state index contributed by atoms with van der Waals surface area (Å²) in [6.45, 7) is 0. The van der Waals surface area contributed by atoms with Gasteiger partial charge in [-0.2, -0.15) is 4.99 Å². The van der Waals surface area contributed by atoms with E-state index in [0.717, 1.165) is 18.2 Å². The molecule has 0 amide bonds. The average molecular weight is 222 g/mol. The molecule has 0 atom stereocenters. The van der Waals surface area contributed by atoms with Gasteiger partial charge in [-0.1, -0.05) is 6.07 Å². The second-order valence-electron chi connectivity index (χ2n) is 2.40. The molecule has 0 saturated heterocycles. The second kappa shape index (κ2) is 5.31. The highest BCUT2D eigenvalue weighted by molar-refractivity contribution is 5.90. The summed E-state index contributed by atoms with van der Waals surface area (Å²) in [5, 5.41) is 2.54. The first kappa shape index (κ1) is 11.5. The molecule has 0 heterocycles. The molecule has 0 aliphatic carbocycles. The number of carbonyl (C=O) groups is 1. The number of isocyanates is 2. The van der Waals surface area contributed by atoms with Crippen molar-refractivity contribution in [3.8, 4) is 0 Å². The van der Waals surface area contributed by atoms with E-state index in [2.05, 4.69) is 15.0 Å². The predicted molar refractivity (Wildman–Crippen MR) is 47.7 cm³/mol. The van der Waals surface area contributed by atoms with Gasteiger partial charge in [0.05, 0.1) is 0 Å². The van der Waals surface area contributed by atoms with Crippen molar-refractivity contribution in [2.24, 2.45) is 10.1 Å². The van der Waals surface area contributed by atoms with Crippen LogP contribution in [0.1, 0.15) is 10.4 Å². The van der Waals surface area contributed by atoms with Gasteiger partial charge in [-0.3, -0.25) is 0 Å². The number of rotatable bonds is 3. The maximum absolute atomic E-state index is 13.4. The normalized spacial score (nSPS) is 8.56. The third-order valence-corrected chi connectivity index (χ3v) is 1.53. The molecule has 0 aliphatic heterocycles. The molecule has 0 bridgehead atoms. The van der Waals surface area contributed by atoms with Crippen LogP contribution >= 0.6 is 0 Å². The van der Waals surface area contributed by atoms with Gasteiger partial charge < -0.3 is 4.84 Å². The lowest BCUT2D eigenvalue weighted by molar-refractivity contribution is 0.0510. The first-order valence-electron chi connectivity index (χ1n) is 3.85. The van der Waals surface area contributed by atoms with Gasteiger partial charge in [0.15, 0.2) is 5.82 Å². The molecule has 80 valence electrons. The fourth-order valence-corrected chi connectivity index (χ4v) is 0.922. The summed E-state index contributed by atoms with van der Waals surface area (Å²) in [6.07, 6.45) is 2.08. The van der Waals surface area contributed by atoms with E-state index in [0.29, 0.717) is 0 Å². The highest BCUT2D eigenvalue weighted by Gasteiger charge is 2.16. The summed E-state index contributed by atoms with van der Waals surface area (Å²) in [4.78, 5) is 37.7. The van der Waals surface area contributed by atoms with Crippen molar-refractivity contribution in [3.05, 3.63) is 29.6 Å². The van der Waals surface area contributed by atoms with Gasteiger partial charge in [0.2, 0.25) is 6.08 Å². The van der Waals surface area contributed by atoms with E-state index in [9.17, 15) is 18.8 Å². The monoisotopic (exact) mass is 222 g/mol. The topological polar surface area (TPSA) is 85.2 Å². The standard InChI is InChI=1S/C9H3FN2O4/c10-8-6(9(15)16-12-5-14)2-1-3-7(8)11-4-13/h1-3H. The molecule has 16 heavy (non-hydrogen) atoms. The molecule has 1 aromatic carbocycles. The Kier molecular flexibility index (Phi) is 3.80. The average Bonchev–Trinajstić information content (AvgIpc) is 2.29. The van der Waals surface area contributed by atoms with Crippen molar-refractivity contribution < 1.29 is 23.6 Å². The Morgan fingerprint density at radius 2 is 2.06 bits per heavy atom. The fourth-order valence-electron chi connectivity index (χ4n) is 0.922. The minimum absolute atomic E-state index is 0.362. The van der Waals surface area contributed by atoms with E-state index in [1.807, 2.05) is 0 Å². The van der Waals surface area contributed by atoms with Gasteiger partial charge in [0.25, 0.3) is 6.08 Å². The predicted octanol–water partition coefficient (Wildman–Crippen LogP) is 1.20. The molecule has 0 aromatic heterocycles. The van der Waals surface area contributed by atoms with Crippen molar-refractivity contribution in [1.29, 1.82) is 0 Å². The number of benzene rings is 1. The Hall–Kier alpha value is -2.62. The number of carbonyl (C=O) groups excluding carboxylic acids is 3. The van der Waals surface area contributed by atoms with Crippen molar-refractivity contribution in [2.75, 3.05) is 0 Å². The Balaban J connectivity index is 3.14. The Morgan fingerprint density at radius 3 is 2.69 bits per heavy atom. The van der Waals surface area contributed by atoms with E-state index in [4.69, 9.17) is 0 Å². The summed E-state index contributed by atoms with van der Waals surface area (Å²) in [5.41, 5.74) is -0.866. The lowest BCUT2D eigenvalue weighted by atomic mass is 10.2. The van der Waals surface area contributed by atoms with Crippen molar-refractivity contribution in [2.45, 2.75) is 0 Å². The Bertz CT molecular complexity index is 516. The molecule has 1 aromatic rings. The quantitative estimate of drug-likeness (QED) is 0.333. The maximum atomic E-state index is 13.4. The van der Waals surface area contributed by atoms with E-state index in [-0.39, 0.29) is 5.69 Å². The number of nitrogens with zero attached hydrogens (tertiary/aromatic N) is 2. The Morgan fingerprint density at radius 1 is 1.31 bits per heavy atom. The van der Waals surface area contributed by atoms with Crippen LogP contribution in [0.4, 0.5) is 10.1 Å². The van der Waals surface area contributed by atoms with Crippen LogP contribution in [0.5, 0.6) is 0 Å². The smallest absolute Gasteiger partial charge is 0.301 e. The van der Waals surface area contributed by atoms with Crippen LogP contribution in [0, 0.1) is 5.82 Å². The molecule has 0 radical (unpaired) electrons. The van der Waals surface area contributed by atoms with Crippen molar-refractivity contribution in [3.63, 3.8) is 0 Å². The lowest BCUT2D eigenvalue weighted by Gasteiger charge is -2.00.